The highest BCUT2D eigenvalue weighted by atomic mass is 19.5. The minimum atomic E-state index is -6.28. The van der Waals surface area contributed by atoms with Gasteiger partial charge in [-0.3, -0.25) is 17.6 Å². The Kier molecular flexibility index (Phi) is 81.4. The van der Waals surface area contributed by atoms with Gasteiger partial charge in [-0.15, -0.1) is 35.1 Å². The van der Waals surface area contributed by atoms with Crippen LogP contribution in [0.2, 0.25) is 0 Å². The number of rotatable bonds is 7. The predicted molar refractivity (Wildman–Crippen MR) is 188 cm³/mol. The van der Waals surface area contributed by atoms with E-state index in [0.29, 0.717) is 0 Å². The molecule has 0 amide bonds. The number of alkyl halides is 53. The van der Waals surface area contributed by atoms with Crippen molar-refractivity contribution in [1.29, 1.82) is 0 Å². The standard InChI is InChI=1S/2C4H2F8.C4H4F6.C3H4F4.C2F6.C2H4F2.4C2H5F.2CF4.CHF3.2CH2F2/c5-1(6)3(9,10)4(11,12)2(7)8;5-1-2(6,3(7,8)9)4(10,11)12;1-3(7,8)4(9,10)2(5)6;1-3(6,7)2(4)5;3-1(4,5)2(6,7)8;1-2(3)4;4*1-2-3;2*2-1(3,4)5;2-1(3)4;2*2-1-3/h1-2H;1H2;2H,1H3;2H,1H3;;2H,1H3;4*2H2,1H3;;;1H;2*1H2. The Labute approximate surface area is 441 Å². The van der Waals surface area contributed by atoms with Crippen LogP contribution >= 0.6 is 0 Å². The third kappa shape index (κ3) is 106. The second kappa shape index (κ2) is 58.0. The molecule has 0 aliphatic carbocycles. The molecule has 0 rings (SSSR count). The molecule has 0 N–H and O–H groups in total. The lowest BCUT2D eigenvalue weighted by Gasteiger charge is -2.26. The fraction of sp³-hybridized carbons (Fsp3) is 1.00. The fourth-order valence-corrected chi connectivity index (χ4v) is 0.795. The first-order chi connectivity index (χ1) is 36.5. The summed E-state index contributed by atoms with van der Waals surface area (Å²) in [5, 5.41) is 0. The first-order valence-electron chi connectivity index (χ1n) is 18.3. The SMILES string of the molecule is CC(F)(F)C(F)(F)C(F)F.CC(F)(F)C(F)F.CC(F)F.CCF.CCF.CCF.CCF.FC(F)(F)C(F)(F)F.FC(F)(F)F.FC(F)(F)F.FC(F)C(F)(F)C(F)(F)C(F)F.FC(F)F.FCC(F)(C(F)(F)F)C(F)(F)F.FCF.FCF. The van der Waals surface area contributed by atoms with Gasteiger partial charge in [0.1, 0.15) is 6.67 Å². The molecule has 0 nitrogen and oxygen atoms in total. The van der Waals surface area contributed by atoms with Gasteiger partial charge in [0, 0.05) is 13.8 Å². The Balaban J connectivity index is -0.0000000490. The molecule has 0 aromatic carbocycles. The van der Waals surface area contributed by atoms with Crippen LogP contribution in [0.3, 0.4) is 0 Å². The average Bonchev–Trinajstić information content (AvgIpc) is 3.19. The van der Waals surface area contributed by atoms with Crippen molar-refractivity contribution >= 4 is 0 Å². The van der Waals surface area contributed by atoms with Crippen LogP contribution in [-0.4, -0.2) is 159 Å². The van der Waals surface area contributed by atoms with Crippen LogP contribution in [0.5, 0.6) is 0 Å². The fourth-order valence-electron chi connectivity index (χ4n) is 0.795. The molecular formula is C32H41F53. The summed E-state index contributed by atoms with van der Waals surface area (Å²) in [6.07, 6.45) is -55.3. The predicted octanol–water partition coefficient (Wildman–Crippen LogP) is 23.2. The van der Waals surface area contributed by atoms with E-state index in [0.717, 1.165) is 6.92 Å². The normalized spacial score (nSPS) is 11.8. The first-order valence-corrected chi connectivity index (χ1v) is 18.3. The largest absolute Gasteiger partial charge is 0.559 e. The summed E-state index contributed by atoms with van der Waals surface area (Å²) in [6.45, 7) is -4.74. The first kappa shape index (κ1) is 119. The molecule has 53 heteroatoms. The molecule has 0 spiro atoms. The van der Waals surface area contributed by atoms with Crippen molar-refractivity contribution in [3.8, 4) is 0 Å². The summed E-state index contributed by atoms with van der Waals surface area (Å²) in [5.41, 5.74) is -5.75. The van der Waals surface area contributed by atoms with Crippen LogP contribution in [0.25, 0.3) is 0 Å². The van der Waals surface area contributed by atoms with Gasteiger partial charge in [-0.1, -0.05) is 0 Å². The van der Waals surface area contributed by atoms with Crippen LogP contribution in [0, 0.1) is 0 Å². The molecule has 0 aliphatic rings. The van der Waals surface area contributed by atoms with Gasteiger partial charge in [-0.05, 0) is 34.6 Å². The van der Waals surface area contributed by atoms with E-state index in [2.05, 4.69) is 0 Å². The van der Waals surface area contributed by atoms with E-state index >= 15 is 0 Å². The van der Waals surface area contributed by atoms with Crippen LogP contribution in [-0.2, 0) is 0 Å². The van der Waals surface area contributed by atoms with Crippen LogP contribution < -0.4 is 0 Å². The molecule has 0 aromatic rings. The van der Waals surface area contributed by atoms with Crippen LogP contribution in [0.4, 0.5) is 233 Å². The van der Waals surface area contributed by atoms with E-state index in [1.165, 1.54) is 27.7 Å². The average molecular weight is 1430 g/mol. The monoisotopic (exact) mass is 1430 g/mol. The van der Waals surface area contributed by atoms with Gasteiger partial charge in [0.05, 0.1) is 26.7 Å². The van der Waals surface area contributed by atoms with Gasteiger partial charge in [0.15, 0.2) is 0 Å². The lowest BCUT2D eigenvalue weighted by Crippen LogP contribution is -2.54. The van der Waals surface area contributed by atoms with E-state index in [1.807, 2.05) is 0 Å². The second-order valence-corrected chi connectivity index (χ2v) is 10.7. The van der Waals surface area contributed by atoms with E-state index in [1.54, 1.807) is 0 Å². The van der Waals surface area contributed by atoms with Gasteiger partial charge in [0.25, 0.3) is 0 Å². The quantitative estimate of drug-likeness (QED) is 0.223. The molecule has 0 aliphatic heterocycles. The Morgan fingerprint density at radius 1 is 0.271 bits per heavy atom. The van der Waals surface area contributed by atoms with Gasteiger partial charge >= 0.3 is 105 Å². The van der Waals surface area contributed by atoms with Crippen molar-refractivity contribution in [3.05, 3.63) is 0 Å². The third-order valence-electron chi connectivity index (χ3n) is 3.64. The maximum absolute atomic E-state index is 11.9. The van der Waals surface area contributed by atoms with Crippen molar-refractivity contribution < 1.29 is 233 Å². The summed E-state index contributed by atoms with van der Waals surface area (Å²) >= 11 is 0. The number of hydrogen-bond donors (Lipinski definition) is 0. The number of hydrogen-bond acceptors (Lipinski definition) is 0. The highest BCUT2D eigenvalue weighted by Crippen LogP contribution is 2.46. The van der Waals surface area contributed by atoms with Crippen molar-refractivity contribution in [2.24, 2.45) is 0 Å². The second-order valence-electron chi connectivity index (χ2n) is 10.7. The minimum Gasteiger partial charge on any atom is -0.251 e. The molecule has 0 fully saturated rings. The van der Waals surface area contributed by atoms with Crippen molar-refractivity contribution in [2.75, 3.05) is 47.2 Å². The van der Waals surface area contributed by atoms with Gasteiger partial charge in [-0.2, -0.15) is 101 Å². The maximum atomic E-state index is 11.9. The van der Waals surface area contributed by atoms with Crippen LogP contribution in [0.15, 0.2) is 0 Å². The molecule has 0 saturated heterocycles. The summed E-state index contributed by atoms with van der Waals surface area (Å²) in [5.74, 6) is -25.7. The minimum absolute atomic E-state index is 0.178. The van der Waals surface area contributed by atoms with E-state index < -0.39 is 132 Å². The lowest BCUT2D eigenvalue weighted by molar-refractivity contribution is -0.344. The lowest BCUT2D eigenvalue weighted by atomic mass is 10.1. The summed E-state index contributed by atoms with van der Waals surface area (Å²) < 4.78 is 563. The van der Waals surface area contributed by atoms with E-state index in [-0.39, 0.29) is 40.5 Å². The van der Waals surface area contributed by atoms with Gasteiger partial charge in [-0.25, -0.2) is 79.0 Å². The van der Waals surface area contributed by atoms with Gasteiger partial charge in [0.2, 0.25) is 20.3 Å². The smallest absolute Gasteiger partial charge is 0.251 e. The third-order valence-corrected chi connectivity index (χ3v) is 3.64. The van der Waals surface area contributed by atoms with E-state index in [4.69, 9.17) is 0 Å². The highest BCUT2D eigenvalue weighted by Gasteiger charge is 2.73. The maximum Gasteiger partial charge on any atom is 0.559 e. The Morgan fingerprint density at radius 3 is 0.388 bits per heavy atom. The van der Waals surface area contributed by atoms with E-state index in [9.17, 15) is 233 Å². The zero-order valence-electron chi connectivity index (χ0n) is 41.4. The molecule has 0 aromatic heterocycles. The molecule has 0 heterocycles. The summed E-state index contributed by atoms with van der Waals surface area (Å²) in [4.78, 5) is 0. The topological polar surface area (TPSA) is 0 Å². The molecule has 0 atom stereocenters. The molecule has 0 saturated carbocycles. The van der Waals surface area contributed by atoms with Crippen molar-refractivity contribution in [3.63, 3.8) is 0 Å². The Morgan fingerprint density at radius 2 is 0.376 bits per heavy atom. The molecule has 0 radical (unpaired) electrons. The zero-order chi connectivity index (χ0) is 74.4. The molecule has 540 valence electrons. The van der Waals surface area contributed by atoms with Crippen LogP contribution in [0.1, 0.15) is 48.5 Å². The highest BCUT2D eigenvalue weighted by molar-refractivity contribution is 4.94. The summed E-state index contributed by atoms with van der Waals surface area (Å²) in [7, 11) is 0. The van der Waals surface area contributed by atoms with Crippen molar-refractivity contribution in [1.82, 2.24) is 0 Å². The Hall–Kier alpha value is -3.71. The molecular weight excluding hydrogens is 1390 g/mol. The van der Waals surface area contributed by atoms with Gasteiger partial charge < -0.3 is 0 Å². The summed E-state index contributed by atoms with van der Waals surface area (Å²) in [6, 6.07) is 0. The van der Waals surface area contributed by atoms with Crippen molar-refractivity contribution in [2.45, 2.75) is 160 Å². The zero-order valence-corrected chi connectivity index (χ0v) is 41.4. The molecule has 0 bridgehead atoms. The Bertz CT molecular complexity index is 1160. The number of halogens is 53. The molecule has 0 unspecified atom stereocenters. The molecule has 85 heavy (non-hydrogen) atoms.